The summed E-state index contributed by atoms with van der Waals surface area (Å²) >= 11 is 0. The van der Waals surface area contributed by atoms with E-state index in [1.807, 2.05) is 6.92 Å². The lowest BCUT2D eigenvalue weighted by Gasteiger charge is -2.36. The maximum absolute atomic E-state index is 5.19. The number of allylic oxidation sites excluding steroid dienone is 2. The van der Waals surface area contributed by atoms with Gasteiger partial charge in [-0.05, 0) is 32.1 Å². The lowest BCUT2D eigenvalue weighted by Crippen LogP contribution is -2.47. The second-order valence-electron chi connectivity index (χ2n) is 5.96. The van der Waals surface area contributed by atoms with Crippen molar-refractivity contribution in [3.05, 3.63) is 23.9 Å². The van der Waals surface area contributed by atoms with Crippen LogP contribution in [-0.2, 0) is 6.54 Å². The summed E-state index contributed by atoms with van der Waals surface area (Å²) in [6, 6.07) is 0. The molecule has 0 bridgehead atoms. The van der Waals surface area contributed by atoms with E-state index in [0.29, 0.717) is 0 Å². The van der Waals surface area contributed by atoms with Crippen molar-refractivity contribution in [3.8, 4) is 0 Å². The van der Waals surface area contributed by atoms with E-state index < -0.39 is 0 Å². The first kappa shape index (κ1) is 13.8. The standard InChI is InChI=1S/C15H24N4O/c1-13-16-15(20-17-13)12-19-9-7-18(8-10-19)11-14-5-3-2-4-6-14/h2-3,14H,4-12H2,1H3/t14-/m0/s1. The molecule has 2 aliphatic rings. The highest BCUT2D eigenvalue weighted by Gasteiger charge is 2.21. The molecule has 1 aliphatic carbocycles. The maximum Gasteiger partial charge on any atom is 0.240 e. The summed E-state index contributed by atoms with van der Waals surface area (Å²) in [7, 11) is 0. The Morgan fingerprint density at radius 1 is 1.20 bits per heavy atom. The number of aryl methyl sites for hydroxylation is 1. The minimum absolute atomic E-state index is 0.726. The van der Waals surface area contributed by atoms with Gasteiger partial charge in [0.2, 0.25) is 5.89 Å². The van der Waals surface area contributed by atoms with Crippen molar-refractivity contribution in [1.29, 1.82) is 0 Å². The van der Waals surface area contributed by atoms with Gasteiger partial charge in [-0.3, -0.25) is 4.90 Å². The molecule has 5 nitrogen and oxygen atoms in total. The second-order valence-corrected chi connectivity index (χ2v) is 5.96. The third-order valence-corrected chi connectivity index (χ3v) is 4.29. The molecule has 0 aromatic carbocycles. The van der Waals surface area contributed by atoms with Crippen molar-refractivity contribution in [2.45, 2.75) is 32.7 Å². The van der Waals surface area contributed by atoms with Crippen molar-refractivity contribution >= 4 is 0 Å². The molecule has 3 rings (SSSR count). The smallest absolute Gasteiger partial charge is 0.240 e. The highest BCUT2D eigenvalue weighted by atomic mass is 16.5. The summed E-state index contributed by atoms with van der Waals surface area (Å²) in [5.74, 6) is 2.34. The van der Waals surface area contributed by atoms with Crippen LogP contribution in [0, 0.1) is 12.8 Å². The molecule has 1 aromatic heterocycles. The van der Waals surface area contributed by atoms with E-state index in [2.05, 4.69) is 32.1 Å². The van der Waals surface area contributed by atoms with Crippen LogP contribution in [0.15, 0.2) is 16.7 Å². The number of hydrogen-bond acceptors (Lipinski definition) is 5. The number of piperazine rings is 1. The first-order valence-corrected chi connectivity index (χ1v) is 7.68. The van der Waals surface area contributed by atoms with Crippen LogP contribution in [0.4, 0.5) is 0 Å². The van der Waals surface area contributed by atoms with Crippen LogP contribution >= 0.6 is 0 Å². The fourth-order valence-electron chi connectivity index (χ4n) is 3.11. The average molecular weight is 276 g/mol. The predicted octanol–water partition coefficient (Wildman–Crippen LogP) is 1.85. The molecule has 20 heavy (non-hydrogen) atoms. The average Bonchev–Trinajstić information content (AvgIpc) is 2.88. The minimum Gasteiger partial charge on any atom is -0.338 e. The molecule has 0 N–H and O–H groups in total. The summed E-state index contributed by atoms with van der Waals surface area (Å²) in [5, 5.41) is 3.84. The maximum atomic E-state index is 5.19. The largest absolute Gasteiger partial charge is 0.338 e. The van der Waals surface area contributed by atoms with Crippen molar-refractivity contribution < 1.29 is 4.52 Å². The summed E-state index contributed by atoms with van der Waals surface area (Å²) in [5.41, 5.74) is 0. The van der Waals surface area contributed by atoms with Gasteiger partial charge in [-0.1, -0.05) is 17.3 Å². The van der Waals surface area contributed by atoms with Gasteiger partial charge in [0.1, 0.15) is 0 Å². The molecule has 0 radical (unpaired) electrons. The molecule has 0 amide bonds. The predicted molar refractivity (Wildman–Crippen MR) is 77.2 cm³/mol. The van der Waals surface area contributed by atoms with Gasteiger partial charge < -0.3 is 9.42 Å². The molecule has 0 unspecified atom stereocenters. The van der Waals surface area contributed by atoms with Crippen LogP contribution < -0.4 is 0 Å². The van der Waals surface area contributed by atoms with Crippen molar-refractivity contribution in [2.75, 3.05) is 32.7 Å². The summed E-state index contributed by atoms with van der Waals surface area (Å²) in [6.45, 7) is 8.44. The lowest BCUT2D eigenvalue weighted by molar-refractivity contribution is 0.103. The quantitative estimate of drug-likeness (QED) is 0.785. The van der Waals surface area contributed by atoms with E-state index in [-0.39, 0.29) is 0 Å². The fraction of sp³-hybridized carbons (Fsp3) is 0.733. The van der Waals surface area contributed by atoms with E-state index in [1.54, 1.807) is 0 Å². The van der Waals surface area contributed by atoms with Crippen molar-refractivity contribution in [2.24, 2.45) is 5.92 Å². The molecule has 2 heterocycles. The number of aromatic nitrogens is 2. The van der Waals surface area contributed by atoms with Crippen LogP contribution in [-0.4, -0.2) is 52.7 Å². The van der Waals surface area contributed by atoms with Crippen molar-refractivity contribution in [3.63, 3.8) is 0 Å². The van der Waals surface area contributed by atoms with Gasteiger partial charge in [0.05, 0.1) is 6.54 Å². The van der Waals surface area contributed by atoms with E-state index in [0.717, 1.165) is 50.4 Å². The molecule has 1 fully saturated rings. The Labute approximate surface area is 120 Å². The minimum atomic E-state index is 0.726. The monoisotopic (exact) mass is 276 g/mol. The Morgan fingerprint density at radius 2 is 2.00 bits per heavy atom. The Kier molecular flexibility index (Phi) is 4.47. The molecule has 0 spiro atoms. The second kappa shape index (κ2) is 6.50. The van der Waals surface area contributed by atoms with Crippen molar-refractivity contribution in [1.82, 2.24) is 19.9 Å². The summed E-state index contributed by atoms with van der Waals surface area (Å²) in [6.07, 6.45) is 8.56. The van der Waals surface area contributed by atoms with Crippen LogP contribution in [0.2, 0.25) is 0 Å². The molecule has 110 valence electrons. The normalized spacial score (nSPS) is 25.1. The topological polar surface area (TPSA) is 45.4 Å². The highest BCUT2D eigenvalue weighted by Crippen LogP contribution is 2.20. The molecular formula is C15H24N4O. The molecule has 0 saturated carbocycles. The third kappa shape index (κ3) is 3.67. The Morgan fingerprint density at radius 3 is 2.65 bits per heavy atom. The third-order valence-electron chi connectivity index (χ3n) is 4.29. The van der Waals surface area contributed by atoms with Gasteiger partial charge in [0.15, 0.2) is 5.82 Å². The zero-order valence-electron chi connectivity index (χ0n) is 12.3. The fourth-order valence-corrected chi connectivity index (χ4v) is 3.11. The molecule has 5 heteroatoms. The zero-order chi connectivity index (χ0) is 13.8. The van der Waals surface area contributed by atoms with Gasteiger partial charge in [-0.15, -0.1) is 0 Å². The summed E-state index contributed by atoms with van der Waals surface area (Å²) in [4.78, 5) is 9.29. The zero-order valence-corrected chi connectivity index (χ0v) is 12.3. The first-order valence-electron chi connectivity index (χ1n) is 7.68. The molecule has 1 atom stereocenters. The van der Waals surface area contributed by atoms with Crippen LogP contribution in [0.5, 0.6) is 0 Å². The number of hydrogen-bond donors (Lipinski definition) is 0. The molecule has 1 aliphatic heterocycles. The first-order chi connectivity index (χ1) is 9.79. The molecular weight excluding hydrogens is 252 g/mol. The summed E-state index contributed by atoms with van der Waals surface area (Å²) < 4.78 is 5.19. The van der Waals surface area contributed by atoms with Gasteiger partial charge in [-0.25, -0.2) is 0 Å². The SMILES string of the molecule is Cc1noc(CN2CCN(C[C@H]3CC=CCC3)CC2)n1. The highest BCUT2D eigenvalue weighted by molar-refractivity contribution is 4.91. The van der Waals surface area contributed by atoms with Crippen LogP contribution in [0.25, 0.3) is 0 Å². The van der Waals surface area contributed by atoms with E-state index in [4.69, 9.17) is 4.52 Å². The van der Waals surface area contributed by atoms with E-state index >= 15 is 0 Å². The molecule has 1 saturated heterocycles. The van der Waals surface area contributed by atoms with E-state index in [9.17, 15) is 0 Å². The van der Waals surface area contributed by atoms with Gasteiger partial charge >= 0.3 is 0 Å². The Balaban J connectivity index is 1.41. The number of rotatable bonds is 4. The molecule has 1 aromatic rings. The number of nitrogens with zero attached hydrogens (tertiary/aromatic N) is 4. The van der Waals surface area contributed by atoms with Crippen LogP contribution in [0.3, 0.4) is 0 Å². The Hall–Kier alpha value is -1.20. The lowest BCUT2D eigenvalue weighted by atomic mass is 9.94. The van der Waals surface area contributed by atoms with E-state index in [1.165, 1.54) is 25.8 Å². The Bertz CT molecular complexity index is 448. The van der Waals surface area contributed by atoms with Gasteiger partial charge in [0, 0.05) is 32.7 Å². The van der Waals surface area contributed by atoms with Crippen LogP contribution in [0.1, 0.15) is 31.0 Å². The van der Waals surface area contributed by atoms with Gasteiger partial charge in [-0.2, -0.15) is 4.98 Å². The van der Waals surface area contributed by atoms with Gasteiger partial charge in [0.25, 0.3) is 0 Å².